The Kier molecular flexibility index (Phi) is 5.31. The Labute approximate surface area is 106 Å². The predicted octanol–water partition coefficient (Wildman–Crippen LogP) is 2.22. The number of rotatable bonds is 6. The van der Waals surface area contributed by atoms with E-state index >= 15 is 0 Å². The largest absolute Gasteiger partial charge is 0.463 e. The topological polar surface area (TPSA) is 51.2 Å². The number of carbonyl (C=O) groups excluding carboxylic acids is 1. The molecular formula is C12H18N2O2S. The molecule has 0 aliphatic rings. The second-order valence-electron chi connectivity index (χ2n) is 3.74. The van der Waals surface area contributed by atoms with Crippen LogP contribution in [-0.2, 0) is 9.53 Å². The SMILES string of the molecule is C=C(CNC(C)c1ncc(C)s1)C(=O)OCC. The second-order valence-corrected chi connectivity index (χ2v) is 5.00. The lowest BCUT2D eigenvalue weighted by atomic mass is 10.2. The van der Waals surface area contributed by atoms with Crippen molar-refractivity contribution in [1.82, 2.24) is 10.3 Å². The maximum atomic E-state index is 11.3. The zero-order valence-corrected chi connectivity index (χ0v) is 11.3. The molecule has 5 heteroatoms. The summed E-state index contributed by atoms with van der Waals surface area (Å²) in [5.74, 6) is -0.345. The molecule has 94 valence electrons. The van der Waals surface area contributed by atoms with Gasteiger partial charge in [-0.25, -0.2) is 9.78 Å². The van der Waals surface area contributed by atoms with Crippen molar-refractivity contribution in [2.45, 2.75) is 26.8 Å². The molecule has 0 spiro atoms. The van der Waals surface area contributed by atoms with Crippen LogP contribution in [-0.4, -0.2) is 24.1 Å². The number of nitrogens with one attached hydrogen (secondary N) is 1. The first-order valence-corrected chi connectivity index (χ1v) is 6.36. The number of hydrogen-bond acceptors (Lipinski definition) is 5. The Morgan fingerprint density at radius 3 is 2.94 bits per heavy atom. The monoisotopic (exact) mass is 254 g/mol. The third-order valence-electron chi connectivity index (χ3n) is 2.20. The van der Waals surface area contributed by atoms with Gasteiger partial charge in [-0.1, -0.05) is 6.58 Å². The van der Waals surface area contributed by atoms with Crippen molar-refractivity contribution in [2.75, 3.05) is 13.2 Å². The molecule has 4 nitrogen and oxygen atoms in total. The van der Waals surface area contributed by atoms with E-state index in [1.807, 2.05) is 20.0 Å². The van der Waals surface area contributed by atoms with Crippen LogP contribution in [0.1, 0.15) is 29.8 Å². The van der Waals surface area contributed by atoms with Crippen LogP contribution in [0.3, 0.4) is 0 Å². The van der Waals surface area contributed by atoms with Gasteiger partial charge < -0.3 is 10.1 Å². The van der Waals surface area contributed by atoms with E-state index in [-0.39, 0.29) is 12.0 Å². The summed E-state index contributed by atoms with van der Waals surface area (Å²) >= 11 is 1.65. The maximum absolute atomic E-state index is 11.3. The average Bonchev–Trinajstić information content (AvgIpc) is 2.72. The molecule has 0 saturated heterocycles. The fourth-order valence-corrected chi connectivity index (χ4v) is 2.04. The third-order valence-corrected chi connectivity index (χ3v) is 3.29. The summed E-state index contributed by atoms with van der Waals surface area (Å²) in [4.78, 5) is 16.8. The van der Waals surface area contributed by atoms with Crippen LogP contribution in [0.25, 0.3) is 0 Å². The smallest absolute Gasteiger partial charge is 0.334 e. The number of aromatic nitrogens is 1. The van der Waals surface area contributed by atoms with Gasteiger partial charge in [0.2, 0.25) is 0 Å². The molecule has 0 saturated carbocycles. The first-order chi connectivity index (χ1) is 8.04. The van der Waals surface area contributed by atoms with Crippen LogP contribution in [0.4, 0.5) is 0 Å². The number of nitrogens with zero attached hydrogens (tertiary/aromatic N) is 1. The van der Waals surface area contributed by atoms with E-state index in [9.17, 15) is 4.79 Å². The quantitative estimate of drug-likeness (QED) is 0.624. The number of esters is 1. The van der Waals surface area contributed by atoms with Crippen molar-refractivity contribution >= 4 is 17.3 Å². The van der Waals surface area contributed by atoms with Crippen molar-refractivity contribution < 1.29 is 9.53 Å². The van der Waals surface area contributed by atoms with Gasteiger partial charge in [-0.15, -0.1) is 11.3 Å². The Balaban J connectivity index is 2.40. The molecule has 1 rings (SSSR count). The van der Waals surface area contributed by atoms with Gasteiger partial charge in [-0.05, 0) is 20.8 Å². The molecule has 0 aliphatic carbocycles. The van der Waals surface area contributed by atoms with E-state index < -0.39 is 0 Å². The van der Waals surface area contributed by atoms with Gasteiger partial charge in [0.1, 0.15) is 5.01 Å². The summed E-state index contributed by atoms with van der Waals surface area (Å²) in [5, 5.41) is 4.21. The lowest BCUT2D eigenvalue weighted by Crippen LogP contribution is -2.24. The van der Waals surface area contributed by atoms with E-state index in [1.165, 1.54) is 4.88 Å². The van der Waals surface area contributed by atoms with Crippen LogP contribution in [0.5, 0.6) is 0 Å². The fourth-order valence-electron chi connectivity index (χ4n) is 1.24. The van der Waals surface area contributed by atoms with E-state index in [2.05, 4.69) is 16.9 Å². The summed E-state index contributed by atoms with van der Waals surface area (Å²) < 4.78 is 4.85. The van der Waals surface area contributed by atoms with E-state index in [4.69, 9.17) is 4.74 Å². The van der Waals surface area contributed by atoms with Crippen LogP contribution < -0.4 is 5.32 Å². The molecule has 1 aromatic heterocycles. The van der Waals surface area contributed by atoms with Gasteiger partial charge in [0.05, 0.1) is 12.6 Å². The molecule has 0 bridgehead atoms. The van der Waals surface area contributed by atoms with Crippen molar-refractivity contribution in [2.24, 2.45) is 0 Å². The standard InChI is InChI=1S/C12H18N2O2S/c1-5-16-12(15)8(2)6-13-10(4)11-14-7-9(3)17-11/h7,10,13H,2,5-6H2,1,3-4H3. The minimum absolute atomic E-state index is 0.111. The van der Waals surface area contributed by atoms with E-state index in [1.54, 1.807) is 18.3 Å². The minimum atomic E-state index is -0.345. The Bertz CT molecular complexity index is 401. The molecule has 1 atom stereocenters. The highest BCUT2D eigenvalue weighted by Crippen LogP contribution is 2.18. The van der Waals surface area contributed by atoms with Crippen molar-refractivity contribution in [3.8, 4) is 0 Å². The molecule has 1 N–H and O–H groups in total. The molecule has 0 radical (unpaired) electrons. The Hall–Kier alpha value is -1.20. The molecule has 17 heavy (non-hydrogen) atoms. The van der Waals surface area contributed by atoms with Gasteiger partial charge in [0.15, 0.2) is 0 Å². The molecule has 0 fully saturated rings. The molecule has 0 aromatic carbocycles. The molecule has 0 aliphatic heterocycles. The highest BCUT2D eigenvalue weighted by Gasteiger charge is 2.12. The number of hydrogen-bond donors (Lipinski definition) is 1. The summed E-state index contributed by atoms with van der Waals surface area (Å²) in [6.07, 6.45) is 1.85. The lowest BCUT2D eigenvalue weighted by molar-refractivity contribution is -0.138. The fraction of sp³-hybridized carbons (Fsp3) is 0.500. The highest BCUT2D eigenvalue weighted by atomic mass is 32.1. The summed E-state index contributed by atoms with van der Waals surface area (Å²) in [5.41, 5.74) is 0.437. The first-order valence-electron chi connectivity index (χ1n) is 5.55. The number of ether oxygens (including phenoxy) is 1. The van der Waals surface area contributed by atoms with Crippen LogP contribution in [0.15, 0.2) is 18.3 Å². The maximum Gasteiger partial charge on any atom is 0.334 e. The summed E-state index contributed by atoms with van der Waals surface area (Å²) in [6.45, 7) is 10.3. The van der Waals surface area contributed by atoms with Gasteiger partial charge in [-0.2, -0.15) is 0 Å². The number of thiazole rings is 1. The van der Waals surface area contributed by atoms with Gasteiger partial charge in [0.25, 0.3) is 0 Å². The molecule has 1 aromatic rings. The predicted molar refractivity (Wildman–Crippen MR) is 69.0 cm³/mol. The van der Waals surface area contributed by atoms with Gasteiger partial charge in [-0.3, -0.25) is 0 Å². The number of aryl methyl sites for hydroxylation is 1. The minimum Gasteiger partial charge on any atom is -0.463 e. The van der Waals surface area contributed by atoms with Crippen LogP contribution in [0.2, 0.25) is 0 Å². The third kappa shape index (κ3) is 4.28. The second kappa shape index (κ2) is 6.51. The molecule has 0 amide bonds. The lowest BCUT2D eigenvalue weighted by Gasteiger charge is -2.11. The van der Waals surface area contributed by atoms with Gasteiger partial charge >= 0.3 is 5.97 Å². The van der Waals surface area contributed by atoms with E-state index in [0.29, 0.717) is 18.7 Å². The van der Waals surface area contributed by atoms with Crippen molar-refractivity contribution in [3.05, 3.63) is 28.2 Å². The highest BCUT2D eigenvalue weighted by molar-refractivity contribution is 7.11. The number of carbonyl (C=O) groups is 1. The zero-order chi connectivity index (χ0) is 12.8. The van der Waals surface area contributed by atoms with Crippen molar-refractivity contribution in [3.63, 3.8) is 0 Å². The average molecular weight is 254 g/mol. The molecule has 1 heterocycles. The molecule has 1 unspecified atom stereocenters. The van der Waals surface area contributed by atoms with Crippen LogP contribution >= 0.6 is 11.3 Å². The Morgan fingerprint density at radius 1 is 1.71 bits per heavy atom. The van der Waals surface area contributed by atoms with E-state index in [0.717, 1.165) is 5.01 Å². The zero-order valence-electron chi connectivity index (χ0n) is 10.4. The van der Waals surface area contributed by atoms with Crippen LogP contribution in [0, 0.1) is 6.92 Å². The Morgan fingerprint density at radius 2 is 2.41 bits per heavy atom. The first kappa shape index (κ1) is 13.9. The molecular weight excluding hydrogens is 236 g/mol. The normalized spacial score (nSPS) is 12.2. The van der Waals surface area contributed by atoms with Gasteiger partial charge in [0, 0.05) is 23.2 Å². The van der Waals surface area contributed by atoms with Crippen molar-refractivity contribution in [1.29, 1.82) is 0 Å². The summed E-state index contributed by atoms with van der Waals surface area (Å²) in [6, 6.07) is 0.111. The summed E-state index contributed by atoms with van der Waals surface area (Å²) in [7, 11) is 0.